The maximum absolute atomic E-state index is 14.2. The number of aryl methyl sites for hydroxylation is 2. The standard InChI is InChI=1S/C16H25FO2/c1-6-16(7-2,19-8-3)15(18)14-12(5)9-11(4)10-13(14)17/h9-10,15,18H,6-8H2,1-5H3. The molecule has 1 aromatic carbocycles. The van der Waals surface area contributed by atoms with Gasteiger partial charge in [0.15, 0.2) is 0 Å². The van der Waals surface area contributed by atoms with E-state index in [2.05, 4.69) is 0 Å². The topological polar surface area (TPSA) is 29.5 Å². The lowest BCUT2D eigenvalue weighted by atomic mass is 9.83. The van der Waals surface area contributed by atoms with Crippen LogP contribution in [0.4, 0.5) is 4.39 Å². The van der Waals surface area contributed by atoms with Gasteiger partial charge in [-0.25, -0.2) is 4.39 Å². The highest BCUT2D eigenvalue weighted by Gasteiger charge is 2.38. The van der Waals surface area contributed by atoms with Crippen molar-refractivity contribution in [3.63, 3.8) is 0 Å². The summed E-state index contributed by atoms with van der Waals surface area (Å²) in [4.78, 5) is 0. The van der Waals surface area contributed by atoms with Crippen molar-refractivity contribution < 1.29 is 14.2 Å². The molecule has 19 heavy (non-hydrogen) atoms. The maximum atomic E-state index is 14.2. The van der Waals surface area contributed by atoms with E-state index in [4.69, 9.17) is 4.74 Å². The zero-order chi connectivity index (χ0) is 14.6. The predicted octanol–water partition coefficient (Wildman–Crippen LogP) is 4.07. The number of ether oxygens (including phenoxy) is 1. The van der Waals surface area contributed by atoms with Gasteiger partial charge in [-0.1, -0.05) is 19.9 Å². The van der Waals surface area contributed by atoms with Gasteiger partial charge in [-0.15, -0.1) is 0 Å². The van der Waals surface area contributed by atoms with Gasteiger partial charge in [0.25, 0.3) is 0 Å². The van der Waals surface area contributed by atoms with Gasteiger partial charge in [0.1, 0.15) is 11.9 Å². The summed E-state index contributed by atoms with van der Waals surface area (Å²) in [6.45, 7) is 10.0. The van der Waals surface area contributed by atoms with E-state index >= 15 is 0 Å². The monoisotopic (exact) mass is 268 g/mol. The van der Waals surface area contributed by atoms with Gasteiger partial charge in [0.05, 0.1) is 5.60 Å². The summed E-state index contributed by atoms with van der Waals surface area (Å²) in [5.74, 6) is -0.351. The average Bonchev–Trinajstić information content (AvgIpc) is 2.34. The fourth-order valence-electron chi connectivity index (χ4n) is 2.74. The number of benzene rings is 1. The molecule has 0 heterocycles. The highest BCUT2D eigenvalue weighted by atomic mass is 19.1. The molecule has 108 valence electrons. The van der Waals surface area contributed by atoms with Crippen molar-refractivity contribution in [1.29, 1.82) is 0 Å². The number of hydrogen-bond donors (Lipinski definition) is 1. The summed E-state index contributed by atoms with van der Waals surface area (Å²) in [6, 6.07) is 3.36. The van der Waals surface area contributed by atoms with Crippen LogP contribution in [0.2, 0.25) is 0 Å². The molecule has 0 bridgehead atoms. The van der Waals surface area contributed by atoms with Gasteiger partial charge >= 0.3 is 0 Å². The Morgan fingerprint density at radius 3 is 2.21 bits per heavy atom. The van der Waals surface area contributed by atoms with Gasteiger partial charge in [0, 0.05) is 12.2 Å². The molecule has 0 fully saturated rings. The van der Waals surface area contributed by atoms with E-state index in [1.807, 2.05) is 40.7 Å². The predicted molar refractivity (Wildman–Crippen MR) is 75.8 cm³/mol. The lowest BCUT2D eigenvalue weighted by Gasteiger charge is -2.37. The molecule has 1 N–H and O–H groups in total. The van der Waals surface area contributed by atoms with Crippen LogP contribution in [0.5, 0.6) is 0 Å². The summed E-state index contributed by atoms with van der Waals surface area (Å²) >= 11 is 0. The van der Waals surface area contributed by atoms with Gasteiger partial charge in [-0.2, -0.15) is 0 Å². The van der Waals surface area contributed by atoms with E-state index in [0.717, 1.165) is 11.1 Å². The second-order valence-corrected chi connectivity index (χ2v) is 5.08. The van der Waals surface area contributed by atoms with E-state index in [0.29, 0.717) is 25.0 Å². The third-order valence-electron chi connectivity index (χ3n) is 3.88. The van der Waals surface area contributed by atoms with Crippen LogP contribution < -0.4 is 0 Å². The Labute approximate surface area is 115 Å². The first kappa shape index (κ1) is 16.1. The third-order valence-corrected chi connectivity index (χ3v) is 3.88. The van der Waals surface area contributed by atoms with E-state index < -0.39 is 11.7 Å². The summed E-state index contributed by atoms with van der Waals surface area (Å²) in [5.41, 5.74) is 1.29. The smallest absolute Gasteiger partial charge is 0.129 e. The molecular weight excluding hydrogens is 243 g/mol. The van der Waals surface area contributed by atoms with Gasteiger partial charge in [-0.05, 0) is 50.8 Å². The molecule has 0 aliphatic carbocycles. The minimum absolute atomic E-state index is 0.351. The van der Waals surface area contributed by atoms with Crippen LogP contribution in [0.15, 0.2) is 12.1 Å². The number of halogens is 1. The largest absolute Gasteiger partial charge is 0.385 e. The maximum Gasteiger partial charge on any atom is 0.129 e. The summed E-state index contributed by atoms with van der Waals surface area (Å²) < 4.78 is 20.0. The minimum Gasteiger partial charge on any atom is -0.385 e. The zero-order valence-electron chi connectivity index (χ0n) is 12.6. The van der Waals surface area contributed by atoms with Crippen LogP contribution >= 0.6 is 0 Å². The first-order chi connectivity index (χ1) is 8.91. The summed E-state index contributed by atoms with van der Waals surface area (Å²) in [5, 5.41) is 10.6. The first-order valence-electron chi connectivity index (χ1n) is 7.00. The van der Waals surface area contributed by atoms with Crippen molar-refractivity contribution in [2.24, 2.45) is 0 Å². The first-order valence-corrected chi connectivity index (χ1v) is 7.00. The Balaban J connectivity index is 3.27. The van der Waals surface area contributed by atoms with Crippen LogP contribution in [0.25, 0.3) is 0 Å². The summed E-state index contributed by atoms with van der Waals surface area (Å²) in [6.07, 6.45) is 0.347. The fraction of sp³-hybridized carbons (Fsp3) is 0.625. The van der Waals surface area contributed by atoms with Crippen molar-refractivity contribution in [3.05, 3.63) is 34.6 Å². The normalized spacial score (nSPS) is 13.6. The van der Waals surface area contributed by atoms with E-state index in [1.54, 1.807) is 0 Å². The van der Waals surface area contributed by atoms with Gasteiger partial charge in [0.2, 0.25) is 0 Å². The van der Waals surface area contributed by atoms with Crippen LogP contribution in [-0.2, 0) is 4.74 Å². The van der Waals surface area contributed by atoms with Crippen molar-refractivity contribution in [2.75, 3.05) is 6.61 Å². The quantitative estimate of drug-likeness (QED) is 0.842. The van der Waals surface area contributed by atoms with Crippen molar-refractivity contribution >= 4 is 0 Å². The molecule has 1 unspecified atom stereocenters. The number of aliphatic hydroxyl groups is 1. The highest BCUT2D eigenvalue weighted by molar-refractivity contribution is 5.35. The minimum atomic E-state index is -0.942. The second kappa shape index (κ2) is 6.49. The Morgan fingerprint density at radius 1 is 1.21 bits per heavy atom. The Kier molecular flexibility index (Phi) is 5.50. The molecule has 0 radical (unpaired) electrons. The Bertz CT molecular complexity index is 402. The van der Waals surface area contributed by atoms with Crippen molar-refractivity contribution in [3.8, 4) is 0 Å². The molecule has 1 rings (SSSR count). The Hall–Kier alpha value is -0.930. The fourth-order valence-corrected chi connectivity index (χ4v) is 2.74. The summed E-state index contributed by atoms with van der Waals surface area (Å²) in [7, 11) is 0. The molecule has 0 aromatic heterocycles. The highest BCUT2D eigenvalue weighted by Crippen LogP contribution is 2.38. The molecule has 0 saturated carbocycles. The molecule has 1 aromatic rings. The second-order valence-electron chi connectivity index (χ2n) is 5.08. The lowest BCUT2D eigenvalue weighted by Crippen LogP contribution is -2.39. The third kappa shape index (κ3) is 3.15. The number of hydrogen-bond acceptors (Lipinski definition) is 2. The molecule has 3 heteroatoms. The van der Waals surface area contributed by atoms with Gasteiger partial charge in [-0.3, -0.25) is 0 Å². The van der Waals surface area contributed by atoms with Crippen molar-refractivity contribution in [1.82, 2.24) is 0 Å². The van der Waals surface area contributed by atoms with Crippen LogP contribution in [0, 0.1) is 19.7 Å². The van der Waals surface area contributed by atoms with Gasteiger partial charge < -0.3 is 9.84 Å². The molecule has 1 atom stereocenters. The molecular formula is C16H25FO2. The molecule has 0 saturated heterocycles. The van der Waals surface area contributed by atoms with Crippen LogP contribution in [-0.4, -0.2) is 17.3 Å². The molecule has 0 amide bonds. The van der Waals surface area contributed by atoms with Crippen LogP contribution in [0.1, 0.15) is 56.4 Å². The molecule has 0 spiro atoms. The number of rotatable bonds is 6. The molecule has 0 aliphatic rings. The Morgan fingerprint density at radius 2 is 1.79 bits per heavy atom. The molecule has 2 nitrogen and oxygen atoms in total. The number of aliphatic hydroxyl groups excluding tert-OH is 1. The lowest BCUT2D eigenvalue weighted by molar-refractivity contribution is -0.128. The average molecular weight is 268 g/mol. The zero-order valence-corrected chi connectivity index (χ0v) is 12.6. The molecule has 0 aliphatic heterocycles. The van der Waals surface area contributed by atoms with E-state index in [9.17, 15) is 9.50 Å². The van der Waals surface area contributed by atoms with Crippen LogP contribution in [0.3, 0.4) is 0 Å². The van der Waals surface area contributed by atoms with Crippen molar-refractivity contribution in [2.45, 2.75) is 59.2 Å². The SMILES string of the molecule is CCOC(CC)(CC)C(O)c1c(C)cc(C)cc1F. The van der Waals surface area contributed by atoms with E-state index in [1.165, 1.54) is 6.07 Å². The van der Waals surface area contributed by atoms with E-state index in [-0.39, 0.29) is 5.82 Å².